The number of amides is 1. The molecule has 0 saturated heterocycles. The Morgan fingerprint density at radius 2 is 1.89 bits per heavy atom. The molecule has 2 aromatic carbocycles. The van der Waals surface area contributed by atoms with Gasteiger partial charge < -0.3 is 9.80 Å². The number of nitrogens with zero attached hydrogens (tertiary/aromatic N) is 4. The Kier molecular flexibility index (Phi) is 4.44. The summed E-state index contributed by atoms with van der Waals surface area (Å²) >= 11 is 0. The van der Waals surface area contributed by atoms with Crippen molar-refractivity contribution >= 4 is 11.6 Å². The lowest BCUT2D eigenvalue weighted by Gasteiger charge is -2.19. The van der Waals surface area contributed by atoms with E-state index in [2.05, 4.69) is 48.4 Å². The van der Waals surface area contributed by atoms with Crippen LogP contribution in [0.2, 0.25) is 0 Å². The summed E-state index contributed by atoms with van der Waals surface area (Å²) in [5.41, 5.74) is 6.68. The first kappa shape index (κ1) is 17.3. The minimum Gasteiger partial charge on any atom is -0.361 e. The van der Waals surface area contributed by atoms with Crippen LogP contribution in [0.1, 0.15) is 32.7 Å². The molecule has 0 unspecified atom stereocenters. The molecule has 1 aliphatic rings. The van der Waals surface area contributed by atoms with Crippen molar-refractivity contribution in [2.75, 3.05) is 19.0 Å². The van der Waals surface area contributed by atoms with Crippen LogP contribution in [-0.4, -0.2) is 34.7 Å². The molecule has 27 heavy (non-hydrogen) atoms. The Bertz CT molecular complexity index is 949. The normalized spacial score (nSPS) is 12.9. The average molecular weight is 360 g/mol. The third-order valence-electron chi connectivity index (χ3n) is 4.96. The van der Waals surface area contributed by atoms with E-state index in [0.29, 0.717) is 5.56 Å². The zero-order valence-electron chi connectivity index (χ0n) is 16.0. The average Bonchev–Trinajstić information content (AvgIpc) is 3.21. The van der Waals surface area contributed by atoms with Gasteiger partial charge in [0, 0.05) is 43.7 Å². The molecule has 0 atom stereocenters. The number of rotatable bonds is 4. The zero-order valence-corrected chi connectivity index (χ0v) is 16.0. The van der Waals surface area contributed by atoms with Crippen molar-refractivity contribution in [1.29, 1.82) is 0 Å². The van der Waals surface area contributed by atoms with Crippen LogP contribution in [0, 0.1) is 6.92 Å². The number of anilines is 1. The van der Waals surface area contributed by atoms with E-state index in [9.17, 15) is 4.79 Å². The van der Waals surface area contributed by atoms with Crippen LogP contribution in [0.4, 0.5) is 5.69 Å². The molecule has 2 heterocycles. The van der Waals surface area contributed by atoms with E-state index >= 15 is 0 Å². The van der Waals surface area contributed by atoms with Crippen LogP contribution < -0.4 is 4.90 Å². The maximum atomic E-state index is 12.2. The van der Waals surface area contributed by atoms with Crippen molar-refractivity contribution in [3.63, 3.8) is 0 Å². The summed E-state index contributed by atoms with van der Waals surface area (Å²) in [5, 5.41) is 4.77. The van der Waals surface area contributed by atoms with E-state index in [0.717, 1.165) is 31.0 Å². The lowest BCUT2D eigenvalue weighted by atomic mass is 10.1. The summed E-state index contributed by atoms with van der Waals surface area (Å²) in [6.45, 7) is 4.49. The Hall–Kier alpha value is -3.08. The Labute approximate surface area is 159 Å². The van der Waals surface area contributed by atoms with E-state index in [-0.39, 0.29) is 5.91 Å². The number of hydrogen-bond donors (Lipinski definition) is 0. The van der Waals surface area contributed by atoms with E-state index in [1.165, 1.54) is 16.7 Å². The highest BCUT2D eigenvalue weighted by Gasteiger charge is 2.23. The molecule has 0 spiro atoms. The first-order valence-corrected chi connectivity index (χ1v) is 9.17. The molecule has 5 heteroatoms. The standard InChI is InChI=1S/C22H24N4O/c1-16-7-9-17(10-8-16)12-26-14-19-13-25(15-21(19)23-26)20-6-4-5-18(11-20)22(27)24(2)3/h4-11,14H,12-13,15H2,1-3H3. The molecule has 1 amide bonds. The molecular weight excluding hydrogens is 336 g/mol. The van der Waals surface area contributed by atoms with Crippen LogP contribution in [0.25, 0.3) is 0 Å². The molecule has 1 aliphatic heterocycles. The monoisotopic (exact) mass is 360 g/mol. The number of aromatic nitrogens is 2. The molecule has 0 fully saturated rings. The lowest BCUT2D eigenvalue weighted by molar-refractivity contribution is 0.0827. The molecule has 138 valence electrons. The quantitative estimate of drug-likeness (QED) is 0.715. The molecule has 5 nitrogen and oxygen atoms in total. The predicted molar refractivity (Wildman–Crippen MR) is 107 cm³/mol. The van der Waals surface area contributed by atoms with Gasteiger partial charge in [-0.05, 0) is 30.7 Å². The Morgan fingerprint density at radius 3 is 2.59 bits per heavy atom. The van der Waals surface area contributed by atoms with Gasteiger partial charge in [0.25, 0.3) is 5.91 Å². The van der Waals surface area contributed by atoms with Crippen LogP contribution >= 0.6 is 0 Å². The lowest BCUT2D eigenvalue weighted by Crippen LogP contribution is -2.22. The summed E-state index contributed by atoms with van der Waals surface area (Å²) in [5.74, 6) is 0.0251. The number of hydrogen-bond acceptors (Lipinski definition) is 3. The van der Waals surface area contributed by atoms with Gasteiger partial charge in [-0.15, -0.1) is 0 Å². The SMILES string of the molecule is Cc1ccc(Cn2cc3c(n2)CN(c2cccc(C(=O)N(C)C)c2)C3)cc1. The molecular formula is C22H24N4O. The summed E-state index contributed by atoms with van der Waals surface area (Å²) in [7, 11) is 3.55. The van der Waals surface area contributed by atoms with Gasteiger partial charge in [0.15, 0.2) is 0 Å². The number of aryl methyl sites for hydroxylation is 1. The molecule has 0 aliphatic carbocycles. The maximum absolute atomic E-state index is 12.2. The number of benzene rings is 2. The minimum atomic E-state index is 0.0251. The molecule has 0 N–H and O–H groups in total. The van der Waals surface area contributed by atoms with Crippen LogP contribution in [0.15, 0.2) is 54.7 Å². The van der Waals surface area contributed by atoms with Gasteiger partial charge in [0.2, 0.25) is 0 Å². The van der Waals surface area contributed by atoms with Crippen molar-refractivity contribution in [3.05, 3.63) is 82.7 Å². The summed E-state index contributed by atoms with van der Waals surface area (Å²) in [6, 6.07) is 16.4. The van der Waals surface area contributed by atoms with Crippen LogP contribution in [0.3, 0.4) is 0 Å². The number of fused-ring (bicyclic) bond motifs is 1. The third kappa shape index (κ3) is 3.58. The molecule has 0 radical (unpaired) electrons. The summed E-state index contributed by atoms with van der Waals surface area (Å²) in [4.78, 5) is 16.1. The second kappa shape index (κ2) is 6.91. The number of carbonyl (C=O) groups excluding carboxylic acids is 1. The van der Waals surface area contributed by atoms with E-state index < -0.39 is 0 Å². The molecule has 0 bridgehead atoms. The van der Waals surface area contributed by atoms with Crippen LogP contribution in [-0.2, 0) is 19.6 Å². The zero-order chi connectivity index (χ0) is 19.0. The second-order valence-corrected chi connectivity index (χ2v) is 7.39. The summed E-state index contributed by atoms with van der Waals surface area (Å²) < 4.78 is 2.03. The van der Waals surface area contributed by atoms with Crippen molar-refractivity contribution in [2.24, 2.45) is 0 Å². The molecule has 0 saturated carbocycles. The van der Waals surface area contributed by atoms with E-state index in [1.807, 2.05) is 22.9 Å². The predicted octanol–water partition coefficient (Wildman–Crippen LogP) is 3.46. The van der Waals surface area contributed by atoms with Crippen molar-refractivity contribution in [1.82, 2.24) is 14.7 Å². The van der Waals surface area contributed by atoms with Gasteiger partial charge >= 0.3 is 0 Å². The minimum absolute atomic E-state index is 0.0251. The first-order chi connectivity index (χ1) is 13.0. The van der Waals surface area contributed by atoms with Crippen molar-refractivity contribution in [2.45, 2.75) is 26.6 Å². The van der Waals surface area contributed by atoms with Gasteiger partial charge in [0.05, 0.1) is 18.8 Å². The van der Waals surface area contributed by atoms with Gasteiger partial charge in [-0.1, -0.05) is 35.9 Å². The highest BCUT2D eigenvalue weighted by Crippen LogP contribution is 2.28. The largest absolute Gasteiger partial charge is 0.361 e. The first-order valence-electron chi connectivity index (χ1n) is 9.17. The van der Waals surface area contributed by atoms with Crippen molar-refractivity contribution in [3.8, 4) is 0 Å². The third-order valence-corrected chi connectivity index (χ3v) is 4.96. The van der Waals surface area contributed by atoms with Gasteiger partial charge in [-0.3, -0.25) is 9.48 Å². The fourth-order valence-electron chi connectivity index (χ4n) is 3.45. The highest BCUT2D eigenvalue weighted by atomic mass is 16.2. The summed E-state index contributed by atoms with van der Waals surface area (Å²) in [6.07, 6.45) is 2.14. The molecule has 4 rings (SSSR count). The van der Waals surface area contributed by atoms with Gasteiger partial charge in [-0.2, -0.15) is 5.10 Å². The topological polar surface area (TPSA) is 41.4 Å². The van der Waals surface area contributed by atoms with Gasteiger partial charge in [-0.25, -0.2) is 0 Å². The van der Waals surface area contributed by atoms with E-state index in [1.54, 1.807) is 19.0 Å². The van der Waals surface area contributed by atoms with Crippen molar-refractivity contribution < 1.29 is 4.79 Å². The second-order valence-electron chi connectivity index (χ2n) is 7.39. The fraction of sp³-hybridized carbons (Fsp3) is 0.273. The van der Waals surface area contributed by atoms with Crippen LogP contribution in [0.5, 0.6) is 0 Å². The van der Waals surface area contributed by atoms with E-state index in [4.69, 9.17) is 5.10 Å². The molecule has 3 aromatic rings. The Morgan fingerprint density at radius 1 is 1.11 bits per heavy atom. The fourth-order valence-corrected chi connectivity index (χ4v) is 3.45. The maximum Gasteiger partial charge on any atom is 0.253 e. The number of carbonyl (C=O) groups is 1. The Balaban J connectivity index is 1.47. The highest BCUT2D eigenvalue weighted by molar-refractivity contribution is 5.94. The van der Waals surface area contributed by atoms with Gasteiger partial charge in [0.1, 0.15) is 0 Å². The smallest absolute Gasteiger partial charge is 0.253 e. The molecule has 1 aromatic heterocycles.